The zero-order valence-electron chi connectivity index (χ0n) is 6.96. The molecule has 0 amide bonds. The summed E-state index contributed by atoms with van der Waals surface area (Å²) in [5, 5.41) is 0. The van der Waals surface area contributed by atoms with E-state index in [1.165, 1.54) is 0 Å². The van der Waals surface area contributed by atoms with Crippen molar-refractivity contribution in [3.05, 3.63) is 0 Å². The molecule has 1 aliphatic heterocycles. The first-order valence-electron chi connectivity index (χ1n) is 3.73. The Hall–Kier alpha value is -0.0900. The molecule has 0 radical (unpaired) electrons. The zero-order chi connectivity index (χ0) is 8.54. The van der Waals surface area contributed by atoms with E-state index in [0.717, 1.165) is 0 Å². The van der Waals surface area contributed by atoms with Crippen LogP contribution < -0.4 is 0 Å². The van der Waals surface area contributed by atoms with Crippen LogP contribution in [0.3, 0.4) is 0 Å². The minimum atomic E-state index is -2.74. The molecule has 0 aromatic rings. The fraction of sp³-hybridized carbons (Fsp3) is 1.00. The molecule has 0 unspecified atom stereocenters. The Labute approximate surface area is 67.7 Å². The summed E-state index contributed by atoms with van der Waals surface area (Å²) in [6.45, 7) is 1.96. The van der Waals surface area contributed by atoms with Gasteiger partial charge in [0.15, 0.2) is 9.84 Å². The normalized spacial score (nSPS) is 28.2. The highest BCUT2D eigenvalue weighted by atomic mass is 32.2. The van der Waals surface area contributed by atoms with Crippen LogP contribution in [0.4, 0.5) is 0 Å². The van der Waals surface area contributed by atoms with Crippen LogP contribution >= 0.6 is 0 Å². The van der Waals surface area contributed by atoms with Crippen molar-refractivity contribution >= 4 is 9.84 Å². The van der Waals surface area contributed by atoms with Gasteiger partial charge in [0.2, 0.25) is 0 Å². The Morgan fingerprint density at radius 3 is 2.09 bits per heavy atom. The molecule has 0 aromatic carbocycles. The minimum Gasteiger partial charge on any atom is -0.378 e. The number of rotatable bonds is 1. The summed E-state index contributed by atoms with van der Waals surface area (Å²) in [7, 11) is -1.11. The molecular weight excluding hydrogens is 164 g/mol. The third kappa shape index (κ3) is 2.17. The second kappa shape index (κ2) is 2.75. The van der Waals surface area contributed by atoms with E-state index in [-0.39, 0.29) is 17.1 Å². The van der Waals surface area contributed by atoms with Crippen molar-refractivity contribution in [1.82, 2.24) is 0 Å². The Kier molecular flexibility index (Phi) is 2.25. The predicted octanol–water partition coefficient (Wildman–Crippen LogP) is 0.600. The Bertz CT molecular complexity index is 216. The van der Waals surface area contributed by atoms with Crippen LogP contribution in [0.15, 0.2) is 0 Å². The molecule has 0 aromatic heterocycles. The van der Waals surface area contributed by atoms with Crippen molar-refractivity contribution < 1.29 is 13.2 Å². The fourth-order valence-corrected chi connectivity index (χ4v) is 2.86. The van der Waals surface area contributed by atoms with Crippen LogP contribution in [0.2, 0.25) is 0 Å². The maximum atomic E-state index is 11.0. The average Bonchev–Trinajstić information content (AvgIpc) is 1.97. The van der Waals surface area contributed by atoms with E-state index in [1.54, 1.807) is 7.11 Å². The molecule has 0 bridgehead atoms. The van der Waals surface area contributed by atoms with Gasteiger partial charge in [0.05, 0.1) is 17.1 Å². The van der Waals surface area contributed by atoms with Gasteiger partial charge in [0, 0.05) is 7.11 Å². The first kappa shape index (κ1) is 9.00. The van der Waals surface area contributed by atoms with E-state index in [9.17, 15) is 8.42 Å². The lowest BCUT2D eigenvalue weighted by Crippen LogP contribution is -2.38. The van der Waals surface area contributed by atoms with Crippen LogP contribution in [0.25, 0.3) is 0 Å². The van der Waals surface area contributed by atoms with E-state index >= 15 is 0 Å². The van der Waals surface area contributed by atoms with Crippen LogP contribution in [-0.2, 0) is 14.6 Å². The maximum absolute atomic E-state index is 11.0. The van der Waals surface area contributed by atoms with Gasteiger partial charge in [-0.1, -0.05) is 0 Å². The van der Waals surface area contributed by atoms with Crippen molar-refractivity contribution in [2.45, 2.75) is 25.4 Å². The van der Waals surface area contributed by atoms with Crippen molar-refractivity contribution in [1.29, 1.82) is 0 Å². The highest BCUT2D eigenvalue weighted by Gasteiger charge is 2.32. The zero-order valence-corrected chi connectivity index (χ0v) is 7.78. The Morgan fingerprint density at radius 2 is 1.73 bits per heavy atom. The van der Waals surface area contributed by atoms with Crippen molar-refractivity contribution in [2.75, 3.05) is 18.6 Å². The molecule has 11 heavy (non-hydrogen) atoms. The quantitative estimate of drug-likeness (QED) is 0.590. The van der Waals surface area contributed by atoms with Crippen LogP contribution in [0, 0.1) is 0 Å². The first-order valence-corrected chi connectivity index (χ1v) is 5.55. The second-order valence-electron chi connectivity index (χ2n) is 3.31. The molecule has 1 fully saturated rings. The maximum Gasteiger partial charge on any atom is 0.150 e. The molecule has 1 saturated heterocycles. The molecule has 1 rings (SSSR count). The average molecular weight is 178 g/mol. The third-order valence-corrected chi connectivity index (χ3v) is 4.03. The Morgan fingerprint density at radius 1 is 1.27 bits per heavy atom. The highest BCUT2D eigenvalue weighted by molar-refractivity contribution is 7.91. The number of sulfone groups is 1. The lowest BCUT2D eigenvalue weighted by molar-refractivity contribution is -0.00173. The van der Waals surface area contributed by atoms with Gasteiger partial charge in [-0.05, 0) is 19.8 Å². The summed E-state index contributed by atoms with van der Waals surface area (Å²) in [5.74, 6) is 0.550. The number of hydrogen-bond acceptors (Lipinski definition) is 3. The van der Waals surface area contributed by atoms with Crippen LogP contribution in [0.1, 0.15) is 19.8 Å². The van der Waals surface area contributed by atoms with E-state index in [1.807, 2.05) is 6.92 Å². The van der Waals surface area contributed by atoms with Gasteiger partial charge >= 0.3 is 0 Å². The monoisotopic (exact) mass is 178 g/mol. The van der Waals surface area contributed by atoms with Crippen molar-refractivity contribution in [2.24, 2.45) is 0 Å². The number of methoxy groups -OCH3 is 1. The van der Waals surface area contributed by atoms with Gasteiger partial charge in [0.25, 0.3) is 0 Å². The van der Waals surface area contributed by atoms with Gasteiger partial charge in [0.1, 0.15) is 0 Å². The molecule has 4 heteroatoms. The van der Waals surface area contributed by atoms with E-state index in [2.05, 4.69) is 0 Å². The number of hydrogen-bond donors (Lipinski definition) is 0. The van der Waals surface area contributed by atoms with Crippen LogP contribution in [0.5, 0.6) is 0 Å². The summed E-state index contributed by atoms with van der Waals surface area (Å²) in [6, 6.07) is 0. The number of ether oxygens (including phenoxy) is 1. The molecular formula is C7H14O3S. The first-order chi connectivity index (χ1) is 4.97. The molecule has 0 N–H and O–H groups in total. The van der Waals surface area contributed by atoms with Gasteiger partial charge in [-0.3, -0.25) is 0 Å². The summed E-state index contributed by atoms with van der Waals surface area (Å²) >= 11 is 0. The van der Waals surface area contributed by atoms with Gasteiger partial charge in [-0.15, -0.1) is 0 Å². The molecule has 1 heterocycles. The van der Waals surface area contributed by atoms with Crippen molar-refractivity contribution in [3.8, 4) is 0 Å². The summed E-state index contributed by atoms with van der Waals surface area (Å²) in [4.78, 5) is 0. The predicted molar refractivity (Wildman–Crippen MR) is 43.3 cm³/mol. The van der Waals surface area contributed by atoms with E-state index < -0.39 is 9.84 Å². The molecule has 1 aliphatic rings. The van der Waals surface area contributed by atoms with Crippen LogP contribution in [-0.4, -0.2) is 32.6 Å². The lowest BCUT2D eigenvalue weighted by atomic mass is 10.00. The molecule has 0 saturated carbocycles. The molecule has 3 nitrogen and oxygen atoms in total. The largest absolute Gasteiger partial charge is 0.378 e. The minimum absolute atomic E-state index is 0.203. The van der Waals surface area contributed by atoms with Crippen molar-refractivity contribution in [3.63, 3.8) is 0 Å². The summed E-state index contributed by atoms with van der Waals surface area (Å²) < 4.78 is 27.2. The van der Waals surface area contributed by atoms with E-state index in [4.69, 9.17) is 4.74 Å². The standard InChI is InChI=1S/C7H14O3S/c1-7(10-2)3-5-11(8,9)6-4-7/h3-6H2,1-2H3. The van der Waals surface area contributed by atoms with Gasteiger partial charge in [-0.2, -0.15) is 0 Å². The summed E-state index contributed by atoms with van der Waals surface area (Å²) in [6.07, 6.45) is 1.26. The lowest BCUT2D eigenvalue weighted by Gasteiger charge is -2.31. The summed E-state index contributed by atoms with van der Waals surface area (Å²) in [5.41, 5.74) is -0.203. The molecule has 0 aliphatic carbocycles. The topological polar surface area (TPSA) is 43.4 Å². The SMILES string of the molecule is COC1(C)CCS(=O)(=O)CC1. The molecule has 0 spiro atoms. The second-order valence-corrected chi connectivity index (χ2v) is 5.61. The smallest absolute Gasteiger partial charge is 0.150 e. The third-order valence-electron chi connectivity index (χ3n) is 2.38. The fourth-order valence-electron chi connectivity index (χ4n) is 1.17. The molecule has 0 atom stereocenters. The highest BCUT2D eigenvalue weighted by Crippen LogP contribution is 2.25. The van der Waals surface area contributed by atoms with Gasteiger partial charge < -0.3 is 4.74 Å². The van der Waals surface area contributed by atoms with Gasteiger partial charge in [-0.25, -0.2) is 8.42 Å². The molecule has 66 valence electrons. The van der Waals surface area contributed by atoms with E-state index in [0.29, 0.717) is 12.8 Å². The Balaban J connectivity index is 2.62.